The molecule has 0 fully saturated rings. The molecule has 2 unspecified atom stereocenters. The van der Waals surface area contributed by atoms with Crippen LogP contribution in [0.3, 0.4) is 0 Å². The van der Waals surface area contributed by atoms with Crippen molar-refractivity contribution in [3.05, 3.63) is 54.1 Å². The van der Waals surface area contributed by atoms with Crippen molar-refractivity contribution >= 4 is 23.0 Å². The molecule has 2 aliphatic rings. The lowest BCUT2D eigenvalue weighted by Crippen LogP contribution is -2.40. The van der Waals surface area contributed by atoms with Gasteiger partial charge in [-0.25, -0.2) is 4.79 Å². The van der Waals surface area contributed by atoms with Crippen LogP contribution in [0.1, 0.15) is 57.8 Å². The van der Waals surface area contributed by atoms with E-state index in [9.17, 15) is 9.59 Å². The van der Waals surface area contributed by atoms with Gasteiger partial charge in [0.1, 0.15) is 23.7 Å². The Kier molecular flexibility index (Phi) is 7.20. The van der Waals surface area contributed by atoms with Gasteiger partial charge in [-0.05, 0) is 71.1 Å². The summed E-state index contributed by atoms with van der Waals surface area (Å²) in [7, 11) is 5.04. The van der Waals surface area contributed by atoms with Gasteiger partial charge in [-0.3, -0.25) is 9.69 Å². The van der Waals surface area contributed by atoms with Crippen LogP contribution < -0.4 is 19.5 Å². The van der Waals surface area contributed by atoms with Crippen molar-refractivity contribution in [2.45, 2.75) is 58.2 Å². The van der Waals surface area contributed by atoms with Gasteiger partial charge in [-0.15, -0.1) is 6.58 Å². The highest BCUT2D eigenvalue weighted by Crippen LogP contribution is 2.54. The number of Topliss-reactive ketones (excluding diaryl/α,β-unsaturated/α-hetero) is 1. The molecule has 4 rings (SSSR count). The molecule has 0 aromatic heterocycles. The fourth-order valence-corrected chi connectivity index (χ4v) is 5.33. The number of ketones is 1. The van der Waals surface area contributed by atoms with Crippen LogP contribution in [-0.2, 0) is 9.59 Å². The average Bonchev–Trinajstić information content (AvgIpc) is 2.81. The van der Waals surface area contributed by atoms with Gasteiger partial charge in [0.05, 0.1) is 18.2 Å². The van der Waals surface area contributed by atoms with Gasteiger partial charge >= 0.3 is 5.97 Å². The Morgan fingerprint density at radius 2 is 1.95 bits per heavy atom. The Bertz CT molecular complexity index is 1290. The number of hydrogen-bond acceptors (Lipinski definition) is 7. The van der Waals surface area contributed by atoms with Gasteiger partial charge in [0.25, 0.3) is 0 Å². The highest BCUT2D eigenvalue weighted by atomic mass is 16.6. The number of carbonyl (C=O) groups excluding carboxylic acids is 2. The number of esters is 1. The van der Waals surface area contributed by atoms with Gasteiger partial charge < -0.3 is 19.5 Å². The number of nitrogens with one attached hydrogen (secondary N) is 1. The summed E-state index contributed by atoms with van der Waals surface area (Å²) in [5.74, 6) is 0.733. The first-order valence-corrected chi connectivity index (χ1v) is 12.5. The van der Waals surface area contributed by atoms with Crippen LogP contribution in [-0.4, -0.2) is 49.4 Å². The molecule has 0 saturated carbocycles. The predicted octanol–water partition coefficient (Wildman–Crippen LogP) is 5.79. The molecule has 0 radical (unpaired) electrons. The Hall–Kier alpha value is -3.58. The second-order valence-electron chi connectivity index (χ2n) is 10.5. The van der Waals surface area contributed by atoms with Crippen molar-refractivity contribution in [2.75, 3.05) is 26.5 Å². The highest BCUT2D eigenvalue weighted by Gasteiger charge is 2.36. The topological polar surface area (TPSA) is 77.1 Å². The van der Waals surface area contributed by atoms with Crippen molar-refractivity contribution in [2.24, 2.45) is 0 Å². The zero-order valence-electron chi connectivity index (χ0n) is 22.7. The molecule has 2 aromatic rings. The van der Waals surface area contributed by atoms with Gasteiger partial charge in [-0.2, -0.15) is 0 Å². The van der Waals surface area contributed by atoms with E-state index in [4.69, 9.17) is 14.2 Å². The lowest BCUT2D eigenvalue weighted by molar-refractivity contribution is -0.141. The molecule has 0 bridgehead atoms. The number of ether oxygens (including phenoxy) is 3. The molecule has 2 aliphatic heterocycles. The minimum atomic E-state index is -0.701. The van der Waals surface area contributed by atoms with Crippen LogP contribution in [0.2, 0.25) is 0 Å². The summed E-state index contributed by atoms with van der Waals surface area (Å²) in [5, 5.41) is 3.62. The number of carbonyl (C=O) groups is 2. The number of allylic oxidation sites excluding steroid dienone is 1. The Morgan fingerprint density at radius 3 is 2.57 bits per heavy atom. The van der Waals surface area contributed by atoms with E-state index in [1.54, 1.807) is 38.2 Å². The third kappa shape index (κ3) is 5.01. The quantitative estimate of drug-likeness (QED) is 0.277. The van der Waals surface area contributed by atoms with Crippen LogP contribution in [0.25, 0.3) is 16.7 Å². The molecule has 0 saturated heterocycles. The molecular formula is C30H36N2O5. The van der Waals surface area contributed by atoms with E-state index in [1.165, 1.54) is 6.92 Å². The summed E-state index contributed by atoms with van der Waals surface area (Å²) in [6.07, 6.45) is 4.56. The monoisotopic (exact) mass is 504 g/mol. The first-order chi connectivity index (χ1) is 17.5. The van der Waals surface area contributed by atoms with Crippen LogP contribution in [0.15, 0.2) is 43.0 Å². The van der Waals surface area contributed by atoms with Gasteiger partial charge in [-0.1, -0.05) is 18.2 Å². The lowest BCUT2D eigenvalue weighted by atomic mass is 9.81. The summed E-state index contributed by atoms with van der Waals surface area (Å²) >= 11 is 0. The maximum absolute atomic E-state index is 13.1. The first-order valence-electron chi connectivity index (χ1n) is 12.5. The number of rotatable bonds is 8. The molecule has 1 N–H and O–H groups in total. The molecule has 7 nitrogen and oxygen atoms in total. The second-order valence-corrected chi connectivity index (χ2v) is 10.5. The van der Waals surface area contributed by atoms with Crippen molar-refractivity contribution in [3.63, 3.8) is 0 Å². The molecular weight excluding hydrogens is 468 g/mol. The Labute approximate surface area is 219 Å². The van der Waals surface area contributed by atoms with Crippen molar-refractivity contribution in [1.29, 1.82) is 0 Å². The number of anilines is 1. The molecule has 0 spiro atoms. The maximum Gasteiger partial charge on any atom is 0.329 e. The number of nitrogens with zero attached hydrogens (tertiary/aromatic N) is 1. The maximum atomic E-state index is 13.1. The van der Waals surface area contributed by atoms with Crippen molar-refractivity contribution < 1.29 is 23.8 Å². The standard InChI is InChI=1S/C30H36N2O5/c1-9-10-22-26-19(11-12-20-25(26)17(2)16-30(4,5)31-20)27-23(36-22)13-14-24(28(27)35-8)37-29(34)21(32(6)7)15-18(3)33/h9,11-14,16,21-22,31H,1,10,15H2,2-8H3. The normalized spacial score (nSPS) is 17.7. The van der Waals surface area contributed by atoms with Crippen LogP contribution >= 0.6 is 0 Å². The molecule has 7 heteroatoms. The van der Waals surface area contributed by atoms with Gasteiger partial charge in [0, 0.05) is 29.7 Å². The number of likely N-dealkylation sites (N-methyl/N-ethyl adjacent to an activating group) is 1. The molecule has 37 heavy (non-hydrogen) atoms. The van der Waals surface area contributed by atoms with Crippen LogP contribution in [0.4, 0.5) is 5.69 Å². The van der Waals surface area contributed by atoms with Gasteiger partial charge in [0.2, 0.25) is 0 Å². The average molecular weight is 505 g/mol. The summed E-state index contributed by atoms with van der Waals surface area (Å²) < 4.78 is 18.2. The van der Waals surface area contributed by atoms with Crippen LogP contribution in [0, 0.1) is 0 Å². The minimum absolute atomic E-state index is 0.0648. The minimum Gasteiger partial charge on any atom is -0.492 e. The number of fused-ring (bicyclic) bond motifs is 5. The summed E-state index contributed by atoms with van der Waals surface area (Å²) in [5.41, 5.74) is 5.88. The van der Waals surface area contributed by atoms with Crippen molar-refractivity contribution in [3.8, 4) is 28.4 Å². The van der Waals surface area contributed by atoms with E-state index in [0.29, 0.717) is 17.9 Å². The number of benzene rings is 2. The zero-order valence-corrected chi connectivity index (χ0v) is 22.7. The number of methoxy groups -OCH3 is 1. The highest BCUT2D eigenvalue weighted by molar-refractivity contribution is 5.93. The number of hydrogen-bond donors (Lipinski definition) is 1. The van der Waals surface area contributed by atoms with E-state index in [-0.39, 0.29) is 29.6 Å². The molecule has 196 valence electrons. The predicted molar refractivity (Wildman–Crippen MR) is 146 cm³/mol. The van der Waals surface area contributed by atoms with E-state index in [2.05, 4.69) is 50.9 Å². The Balaban J connectivity index is 1.86. The largest absolute Gasteiger partial charge is 0.492 e. The van der Waals surface area contributed by atoms with E-state index < -0.39 is 12.0 Å². The molecule has 2 aromatic carbocycles. The van der Waals surface area contributed by atoms with E-state index >= 15 is 0 Å². The summed E-state index contributed by atoms with van der Waals surface area (Å²) in [4.78, 5) is 26.5. The third-order valence-electron chi connectivity index (χ3n) is 6.79. The molecule has 2 atom stereocenters. The Morgan fingerprint density at radius 1 is 1.22 bits per heavy atom. The van der Waals surface area contributed by atoms with Crippen LogP contribution in [0.5, 0.6) is 17.2 Å². The van der Waals surface area contributed by atoms with Gasteiger partial charge in [0.15, 0.2) is 11.5 Å². The second kappa shape index (κ2) is 10.1. The van der Waals surface area contributed by atoms with Crippen molar-refractivity contribution in [1.82, 2.24) is 4.90 Å². The SMILES string of the molecule is C=CCC1Oc2ccc(OC(=O)C(CC(C)=O)N(C)C)c(OC)c2-c2ccc3c(c21)C(C)=CC(C)(C)N3. The lowest BCUT2D eigenvalue weighted by Gasteiger charge is -2.37. The molecule has 0 amide bonds. The first kappa shape index (κ1) is 26.5. The zero-order chi connectivity index (χ0) is 27.1. The molecule has 2 heterocycles. The summed E-state index contributed by atoms with van der Waals surface area (Å²) in [6, 6.07) is 6.94. The van der Waals surface area contributed by atoms with E-state index in [1.807, 2.05) is 6.08 Å². The fourth-order valence-electron chi connectivity index (χ4n) is 5.33. The third-order valence-corrected chi connectivity index (χ3v) is 6.79. The summed E-state index contributed by atoms with van der Waals surface area (Å²) in [6.45, 7) is 11.8. The fraction of sp³-hybridized carbons (Fsp3) is 0.400. The smallest absolute Gasteiger partial charge is 0.329 e. The molecule has 0 aliphatic carbocycles. The van der Waals surface area contributed by atoms with E-state index in [0.717, 1.165) is 33.5 Å².